The molecule has 0 unspecified atom stereocenters. The highest BCUT2D eigenvalue weighted by atomic mass is 16.5. The summed E-state index contributed by atoms with van der Waals surface area (Å²) in [5, 5.41) is 17.1. The zero-order chi connectivity index (χ0) is 14.0. The summed E-state index contributed by atoms with van der Waals surface area (Å²) in [5.74, 6) is -2.46. The van der Waals surface area contributed by atoms with Gasteiger partial charge in [0.1, 0.15) is 12.5 Å². The summed E-state index contributed by atoms with van der Waals surface area (Å²) in [6.07, 6.45) is 2.92. The molecule has 98 valence electrons. The smallest absolute Gasteiger partial charge is 0.336 e. The van der Waals surface area contributed by atoms with E-state index in [0.717, 1.165) is 0 Å². The first-order valence-electron chi connectivity index (χ1n) is 4.80. The van der Waals surface area contributed by atoms with Gasteiger partial charge in [-0.2, -0.15) is 0 Å². The Kier molecular flexibility index (Phi) is 7.43. The molecule has 0 saturated carbocycles. The fraction of sp³-hybridized carbons (Fsp3) is 0.167. The highest BCUT2D eigenvalue weighted by Gasteiger charge is 2.13. The molecular weight excluding hydrogens is 240 g/mol. The maximum Gasteiger partial charge on any atom is 0.336 e. The Morgan fingerprint density at radius 3 is 1.50 bits per heavy atom. The first-order chi connectivity index (χ1) is 8.54. The molecule has 0 saturated heterocycles. The van der Waals surface area contributed by atoms with Crippen molar-refractivity contribution in [2.75, 3.05) is 14.2 Å². The normalized spacial score (nSPS) is 9.22. The topological polar surface area (TPSA) is 93.1 Å². The van der Waals surface area contributed by atoms with Crippen LogP contribution < -0.4 is 0 Å². The molecule has 0 bridgehead atoms. The minimum Gasteiger partial charge on any atom is -0.501 e. The summed E-state index contributed by atoms with van der Waals surface area (Å²) in [4.78, 5) is 20.9. The van der Waals surface area contributed by atoms with E-state index in [9.17, 15) is 9.59 Å². The van der Waals surface area contributed by atoms with Gasteiger partial charge in [0.25, 0.3) is 0 Å². The molecule has 18 heavy (non-hydrogen) atoms. The minimum absolute atomic E-state index is 0.190. The van der Waals surface area contributed by atoms with E-state index >= 15 is 0 Å². The van der Waals surface area contributed by atoms with E-state index in [-0.39, 0.29) is 11.1 Å². The van der Waals surface area contributed by atoms with E-state index in [1.807, 2.05) is 0 Å². The van der Waals surface area contributed by atoms with Gasteiger partial charge in [-0.3, -0.25) is 0 Å². The number of hydrogen-bond acceptors (Lipinski definition) is 4. The Labute approximate surface area is 104 Å². The average molecular weight is 254 g/mol. The number of methoxy groups -OCH3 is 2. The lowest BCUT2D eigenvalue weighted by molar-refractivity contribution is 0.0651. The average Bonchev–Trinajstić information content (AvgIpc) is 2.37. The molecule has 0 fully saturated rings. The van der Waals surface area contributed by atoms with Crippen molar-refractivity contribution in [1.82, 2.24) is 0 Å². The molecule has 0 heterocycles. The summed E-state index contributed by atoms with van der Waals surface area (Å²) in [6.45, 7) is 0. The van der Waals surface area contributed by atoms with Crippen LogP contribution in [0.3, 0.4) is 0 Å². The number of benzene rings is 1. The van der Waals surface area contributed by atoms with Gasteiger partial charge in [0, 0.05) is 0 Å². The van der Waals surface area contributed by atoms with Crippen molar-refractivity contribution in [2.24, 2.45) is 0 Å². The third-order valence-electron chi connectivity index (χ3n) is 1.72. The van der Waals surface area contributed by atoms with Crippen molar-refractivity contribution in [2.45, 2.75) is 0 Å². The summed E-state index contributed by atoms with van der Waals surface area (Å²) in [5.41, 5.74) is -0.380. The van der Waals surface area contributed by atoms with E-state index in [1.54, 1.807) is 14.2 Å². The van der Waals surface area contributed by atoms with Crippen LogP contribution in [0.1, 0.15) is 20.7 Å². The van der Waals surface area contributed by atoms with Gasteiger partial charge in [0.05, 0.1) is 25.3 Å². The third-order valence-corrected chi connectivity index (χ3v) is 1.72. The fourth-order valence-corrected chi connectivity index (χ4v) is 0.967. The molecule has 1 aromatic rings. The van der Waals surface area contributed by atoms with Crippen molar-refractivity contribution in [3.05, 3.63) is 47.9 Å². The van der Waals surface area contributed by atoms with Gasteiger partial charge in [0.2, 0.25) is 0 Å². The maximum absolute atomic E-state index is 10.5. The zero-order valence-corrected chi connectivity index (χ0v) is 9.99. The second kappa shape index (κ2) is 8.63. The lowest BCUT2D eigenvalue weighted by Crippen LogP contribution is -2.06. The SMILES string of the molecule is COC=COC.O=C(O)c1ccccc1C(=O)O. The first-order valence-corrected chi connectivity index (χ1v) is 4.80. The van der Waals surface area contributed by atoms with E-state index in [1.165, 1.54) is 36.8 Å². The van der Waals surface area contributed by atoms with Crippen molar-refractivity contribution < 1.29 is 29.3 Å². The largest absolute Gasteiger partial charge is 0.501 e. The Morgan fingerprint density at radius 2 is 1.28 bits per heavy atom. The molecule has 0 aromatic heterocycles. The Morgan fingerprint density at radius 1 is 0.944 bits per heavy atom. The number of carboxylic acids is 2. The van der Waals surface area contributed by atoms with Gasteiger partial charge in [-0.25, -0.2) is 9.59 Å². The molecule has 0 aliphatic carbocycles. The Balaban J connectivity index is 0.000000411. The first kappa shape index (κ1) is 15.5. The van der Waals surface area contributed by atoms with Crippen LogP contribution in [-0.2, 0) is 9.47 Å². The summed E-state index contributed by atoms with van der Waals surface area (Å²) < 4.78 is 8.95. The number of rotatable bonds is 4. The number of carbonyl (C=O) groups is 2. The lowest BCUT2D eigenvalue weighted by Gasteiger charge is -1.98. The van der Waals surface area contributed by atoms with Crippen LogP contribution in [0.5, 0.6) is 0 Å². The molecule has 1 aromatic carbocycles. The Hall–Kier alpha value is -2.50. The Bertz CT molecular complexity index is 385. The van der Waals surface area contributed by atoms with Crippen molar-refractivity contribution in [3.63, 3.8) is 0 Å². The predicted molar refractivity (Wildman–Crippen MR) is 63.5 cm³/mol. The zero-order valence-electron chi connectivity index (χ0n) is 9.99. The van der Waals surface area contributed by atoms with Crippen LogP contribution in [-0.4, -0.2) is 36.4 Å². The predicted octanol–water partition coefficient (Wildman–Crippen LogP) is 1.83. The van der Waals surface area contributed by atoms with Crippen molar-refractivity contribution >= 4 is 11.9 Å². The molecule has 1 rings (SSSR count). The molecule has 0 spiro atoms. The number of aromatic carboxylic acids is 2. The number of ether oxygens (including phenoxy) is 2. The molecule has 0 aliphatic heterocycles. The van der Waals surface area contributed by atoms with E-state index in [0.29, 0.717) is 0 Å². The summed E-state index contributed by atoms with van der Waals surface area (Å²) >= 11 is 0. The van der Waals surface area contributed by atoms with Gasteiger partial charge in [-0.1, -0.05) is 12.1 Å². The summed E-state index contributed by atoms with van der Waals surface area (Å²) in [6, 6.07) is 5.48. The van der Waals surface area contributed by atoms with Gasteiger partial charge in [-0.05, 0) is 12.1 Å². The number of hydrogen-bond donors (Lipinski definition) is 2. The second-order valence-corrected chi connectivity index (χ2v) is 2.90. The lowest BCUT2D eigenvalue weighted by atomic mass is 10.1. The molecule has 6 heteroatoms. The van der Waals surface area contributed by atoms with Gasteiger partial charge in [0.15, 0.2) is 0 Å². The minimum atomic E-state index is -1.23. The molecular formula is C12H14O6. The van der Waals surface area contributed by atoms with Crippen LogP contribution in [0.25, 0.3) is 0 Å². The molecule has 2 N–H and O–H groups in total. The molecule has 0 atom stereocenters. The van der Waals surface area contributed by atoms with Gasteiger partial charge < -0.3 is 19.7 Å². The van der Waals surface area contributed by atoms with Crippen LogP contribution in [0.2, 0.25) is 0 Å². The quantitative estimate of drug-likeness (QED) is 0.796. The highest BCUT2D eigenvalue weighted by molar-refractivity contribution is 6.01. The van der Waals surface area contributed by atoms with E-state index in [4.69, 9.17) is 10.2 Å². The summed E-state index contributed by atoms with van der Waals surface area (Å²) in [7, 11) is 3.13. The van der Waals surface area contributed by atoms with Gasteiger partial charge in [-0.15, -0.1) is 0 Å². The van der Waals surface area contributed by atoms with Crippen LogP contribution >= 0.6 is 0 Å². The number of carboxylic acid groups (broad SMARTS) is 2. The van der Waals surface area contributed by atoms with Crippen molar-refractivity contribution in [1.29, 1.82) is 0 Å². The fourth-order valence-electron chi connectivity index (χ4n) is 0.967. The molecule has 6 nitrogen and oxygen atoms in total. The van der Waals surface area contributed by atoms with Crippen LogP contribution in [0.15, 0.2) is 36.8 Å². The van der Waals surface area contributed by atoms with Gasteiger partial charge >= 0.3 is 11.9 Å². The standard InChI is InChI=1S/C8H6O4.C4H8O2/c9-7(10)5-3-1-2-4-6(5)8(11)12;1-5-3-4-6-2/h1-4H,(H,9,10)(H,11,12);3-4H,1-2H3. The molecule has 0 amide bonds. The van der Waals surface area contributed by atoms with Crippen molar-refractivity contribution in [3.8, 4) is 0 Å². The van der Waals surface area contributed by atoms with Crippen LogP contribution in [0, 0.1) is 0 Å². The van der Waals surface area contributed by atoms with E-state index < -0.39 is 11.9 Å². The maximum atomic E-state index is 10.5. The van der Waals surface area contributed by atoms with E-state index in [2.05, 4.69) is 9.47 Å². The monoisotopic (exact) mass is 254 g/mol. The molecule has 0 aliphatic rings. The second-order valence-electron chi connectivity index (χ2n) is 2.90. The third kappa shape index (κ3) is 5.55. The van der Waals surface area contributed by atoms with Crippen LogP contribution in [0.4, 0.5) is 0 Å². The molecule has 0 radical (unpaired) electrons. The highest BCUT2D eigenvalue weighted by Crippen LogP contribution is 2.07.